The van der Waals surface area contributed by atoms with E-state index in [1.54, 1.807) is 0 Å². The van der Waals surface area contributed by atoms with E-state index in [9.17, 15) is 4.79 Å². The molecule has 0 aromatic heterocycles. The van der Waals surface area contributed by atoms with Crippen molar-refractivity contribution >= 4 is 22.4 Å². The Labute approximate surface area is 124 Å². The van der Waals surface area contributed by atoms with Gasteiger partial charge < -0.3 is 4.90 Å². The van der Waals surface area contributed by atoms with E-state index in [4.69, 9.17) is 0 Å². The van der Waals surface area contributed by atoms with Gasteiger partial charge in [0.2, 0.25) is 5.91 Å². The van der Waals surface area contributed by atoms with Gasteiger partial charge >= 0.3 is 0 Å². The van der Waals surface area contributed by atoms with Crippen LogP contribution in [-0.2, 0) is 4.79 Å². The number of amides is 1. The lowest BCUT2D eigenvalue weighted by atomic mass is 9.81. The minimum atomic E-state index is 0.322. The molecule has 2 aromatic rings. The molecule has 2 unspecified atom stereocenters. The summed E-state index contributed by atoms with van der Waals surface area (Å²) in [4.78, 5) is 15.0. The maximum Gasteiger partial charge on any atom is 0.230 e. The van der Waals surface area contributed by atoms with Crippen LogP contribution in [0.1, 0.15) is 19.3 Å². The van der Waals surface area contributed by atoms with Gasteiger partial charge in [0.05, 0.1) is 5.69 Å². The number of hydrogen-bond acceptors (Lipinski definition) is 1. The van der Waals surface area contributed by atoms with Gasteiger partial charge in [0.25, 0.3) is 0 Å². The van der Waals surface area contributed by atoms with E-state index in [1.165, 1.54) is 30.0 Å². The van der Waals surface area contributed by atoms with Crippen LogP contribution >= 0.6 is 0 Å². The molecule has 2 nitrogen and oxygen atoms in total. The summed E-state index contributed by atoms with van der Waals surface area (Å²) >= 11 is 0. The third-order valence-corrected chi connectivity index (χ3v) is 6.09. The Kier molecular flexibility index (Phi) is 2.30. The second-order valence-corrected chi connectivity index (χ2v) is 6.97. The molecule has 0 N–H and O–H groups in total. The van der Waals surface area contributed by atoms with Crippen molar-refractivity contribution in [3.8, 4) is 0 Å². The molecule has 2 saturated carbocycles. The Morgan fingerprint density at radius 3 is 2.67 bits per heavy atom. The molecule has 106 valence electrons. The molecule has 3 aliphatic rings. The Morgan fingerprint density at radius 2 is 1.76 bits per heavy atom. The lowest BCUT2D eigenvalue weighted by molar-refractivity contribution is -0.122. The summed E-state index contributed by atoms with van der Waals surface area (Å²) in [6.45, 7) is 0.943. The molecule has 2 heteroatoms. The minimum absolute atomic E-state index is 0.322. The summed E-state index contributed by atoms with van der Waals surface area (Å²) in [5, 5.41) is 2.43. The third kappa shape index (κ3) is 1.51. The minimum Gasteiger partial charge on any atom is -0.311 e. The van der Waals surface area contributed by atoms with E-state index >= 15 is 0 Å². The molecular formula is C19H19NO. The van der Waals surface area contributed by atoms with E-state index in [-0.39, 0.29) is 0 Å². The van der Waals surface area contributed by atoms with Crippen LogP contribution in [0, 0.1) is 23.7 Å². The summed E-state index contributed by atoms with van der Waals surface area (Å²) in [5.41, 5.74) is 1.12. The number of anilines is 1. The van der Waals surface area contributed by atoms with Crippen molar-refractivity contribution in [3.63, 3.8) is 0 Å². The quantitative estimate of drug-likeness (QED) is 0.775. The summed E-state index contributed by atoms with van der Waals surface area (Å²) < 4.78 is 0. The van der Waals surface area contributed by atoms with Crippen molar-refractivity contribution in [1.29, 1.82) is 0 Å². The Balaban J connectivity index is 1.60. The van der Waals surface area contributed by atoms with Crippen LogP contribution in [-0.4, -0.2) is 12.5 Å². The molecule has 1 aliphatic heterocycles. The first kappa shape index (κ1) is 11.8. The monoisotopic (exact) mass is 277 g/mol. The van der Waals surface area contributed by atoms with Crippen LogP contribution in [0.15, 0.2) is 42.5 Å². The van der Waals surface area contributed by atoms with Gasteiger partial charge in [0.15, 0.2) is 0 Å². The van der Waals surface area contributed by atoms with Gasteiger partial charge in [-0.2, -0.15) is 0 Å². The summed E-state index contributed by atoms with van der Waals surface area (Å²) in [6.07, 6.45) is 3.94. The van der Waals surface area contributed by atoms with Crippen LogP contribution in [0.2, 0.25) is 0 Å². The third-order valence-electron chi connectivity index (χ3n) is 6.09. The maximum absolute atomic E-state index is 12.9. The SMILES string of the molecule is O=C1[C@H]2C3CCC(C3)[C@H]2CN1c1cccc2ccccc12. The van der Waals surface area contributed by atoms with Crippen molar-refractivity contribution in [2.75, 3.05) is 11.4 Å². The first-order valence-corrected chi connectivity index (χ1v) is 8.12. The average Bonchev–Trinajstić information content (AvgIpc) is 3.20. The van der Waals surface area contributed by atoms with E-state index in [0.29, 0.717) is 23.7 Å². The van der Waals surface area contributed by atoms with Gasteiger partial charge in [-0.15, -0.1) is 0 Å². The Bertz CT molecular complexity index is 732. The van der Waals surface area contributed by atoms with Crippen LogP contribution in [0.3, 0.4) is 0 Å². The standard InChI is InChI=1S/C19H19NO/c21-19-18-14-9-8-13(10-14)16(18)11-20(19)17-7-3-5-12-4-1-2-6-15(12)17/h1-7,13-14,16,18H,8-11H2/t13?,14?,16-,18+/m1/s1. The van der Waals surface area contributed by atoms with Crippen molar-refractivity contribution in [1.82, 2.24) is 0 Å². The van der Waals surface area contributed by atoms with Gasteiger partial charge in [0, 0.05) is 17.8 Å². The molecule has 0 spiro atoms. The van der Waals surface area contributed by atoms with E-state index in [0.717, 1.165) is 18.2 Å². The largest absolute Gasteiger partial charge is 0.311 e. The fraction of sp³-hybridized carbons (Fsp3) is 0.421. The highest BCUT2D eigenvalue weighted by Crippen LogP contribution is 2.56. The van der Waals surface area contributed by atoms with Gasteiger partial charge in [-0.25, -0.2) is 0 Å². The van der Waals surface area contributed by atoms with E-state index < -0.39 is 0 Å². The number of benzene rings is 2. The maximum atomic E-state index is 12.9. The lowest BCUT2D eigenvalue weighted by Crippen LogP contribution is -2.29. The second kappa shape index (κ2) is 4.09. The number of carbonyl (C=O) groups excluding carboxylic acids is 1. The zero-order chi connectivity index (χ0) is 14.0. The Hall–Kier alpha value is -1.83. The molecule has 2 aromatic carbocycles. The predicted octanol–water partition coefficient (Wildman–Crippen LogP) is 3.85. The smallest absolute Gasteiger partial charge is 0.230 e. The normalized spacial score (nSPS) is 33.9. The molecule has 21 heavy (non-hydrogen) atoms. The predicted molar refractivity (Wildman–Crippen MR) is 84.1 cm³/mol. The first-order valence-electron chi connectivity index (χ1n) is 8.12. The molecule has 0 radical (unpaired) electrons. The van der Waals surface area contributed by atoms with Crippen LogP contribution in [0.4, 0.5) is 5.69 Å². The molecule has 2 bridgehead atoms. The molecular weight excluding hydrogens is 258 g/mol. The molecule has 1 heterocycles. The first-order chi connectivity index (χ1) is 10.3. The second-order valence-electron chi connectivity index (χ2n) is 6.97. The van der Waals surface area contributed by atoms with Gasteiger partial charge in [-0.1, -0.05) is 36.4 Å². The van der Waals surface area contributed by atoms with E-state index in [1.807, 2.05) is 0 Å². The number of nitrogens with zero attached hydrogens (tertiary/aromatic N) is 1. The van der Waals surface area contributed by atoms with Gasteiger partial charge in [-0.05, 0) is 48.5 Å². The molecule has 4 atom stereocenters. The molecule has 1 saturated heterocycles. The van der Waals surface area contributed by atoms with Crippen molar-refractivity contribution < 1.29 is 4.79 Å². The van der Waals surface area contributed by atoms with Crippen LogP contribution < -0.4 is 4.90 Å². The molecule has 2 aliphatic carbocycles. The van der Waals surface area contributed by atoms with Crippen molar-refractivity contribution in [2.24, 2.45) is 23.7 Å². The number of hydrogen-bond donors (Lipinski definition) is 0. The lowest BCUT2D eigenvalue weighted by Gasteiger charge is -2.20. The van der Waals surface area contributed by atoms with Crippen LogP contribution in [0.25, 0.3) is 10.8 Å². The van der Waals surface area contributed by atoms with Crippen LogP contribution in [0.5, 0.6) is 0 Å². The highest BCUT2D eigenvalue weighted by Gasteiger charge is 2.56. The number of carbonyl (C=O) groups is 1. The fourth-order valence-corrected chi connectivity index (χ4v) is 5.20. The molecule has 1 amide bonds. The highest BCUT2D eigenvalue weighted by atomic mass is 16.2. The zero-order valence-electron chi connectivity index (χ0n) is 12.0. The summed E-state index contributed by atoms with van der Waals surface area (Å²) in [6, 6.07) is 14.7. The van der Waals surface area contributed by atoms with Crippen molar-refractivity contribution in [2.45, 2.75) is 19.3 Å². The summed E-state index contributed by atoms with van der Waals surface area (Å²) in [7, 11) is 0. The number of fused-ring (bicyclic) bond motifs is 6. The molecule has 3 fully saturated rings. The zero-order valence-corrected chi connectivity index (χ0v) is 12.0. The fourth-order valence-electron chi connectivity index (χ4n) is 5.20. The van der Waals surface area contributed by atoms with E-state index in [2.05, 4.69) is 47.4 Å². The molecule has 5 rings (SSSR count). The summed E-state index contributed by atoms with van der Waals surface area (Å²) in [5.74, 6) is 2.82. The number of rotatable bonds is 1. The highest BCUT2D eigenvalue weighted by molar-refractivity contribution is 6.06. The Morgan fingerprint density at radius 1 is 0.952 bits per heavy atom. The average molecular weight is 277 g/mol. The topological polar surface area (TPSA) is 20.3 Å². The van der Waals surface area contributed by atoms with Crippen molar-refractivity contribution in [3.05, 3.63) is 42.5 Å². The van der Waals surface area contributed by atoms with Gasteiger partial charge in [0.1, 0.15) is 0 Å². The van der Waals surface area contributed by atoms with Gasteiger partial charge in [-0.3, -0.25) is 4.79 Å².